The van der Waals surface area contributed by atoms with Crippen LogP contribution in [-0.4, -0.2) is 61.7 Å². The van der Waals surface area contributed by atoms with Crippen molar-refractivity contribution >= 4 is 0 Å². The van der Waals surface area contributed by atoms with Crippen molar-refractivity contribution in [2.75, 3.05) is 39.8 Å². The highest BCUT2D eigenvalue weighted by atomic mass is 15.4. The maximum absolute atomic E-state index is 3.60. The van der Waals surface area contributed by atoms with Crippen LogP contribution in [0.4, 0.5) is 0 Å². The van der Waals surface area contributed by atoms with Crippen LogP contribution in [0.1, 0.15) is 23.1 Å². The second kappa shape index (κ2) is 5.71. The van der Waals surface area contributed by atoms with Crippen molar-refractivity contribution in [3.8, 4) is 0 Å². The fraction of sp³-hybridized carbons (Fsp3) is 0.667. The number of benzene rings is 1. The first-order valence-corrected chi connectivity index (χ1v) is 8.58. The van der Waals surface area contributed by atoms with Crippen LogP contribution in [0.3, 0.4) is 0 Å². The van der Waals surface area contributed by atoms with Crippen LogP contribution in [-0.2, 0) is 19.3 Å². The van der Waals surface area contributed by atoms with Gasteiger partial charge in [-0.3, -0.25) is 9.80 Å². The number of aryl methyl sites for hydroxylation is 2. The Balaban J connectivity index is 1.49. The molecule has 2 bridgehead atoms. The van der Waals surface area contributed by atoms with E-state index in [9.17, 15) is 0 Å². The average Bonchev–Trinajstić information content (AvgIpc) is 3.01. The van der Waals surface area contributed by atoms with E-state index in [0.29, 0.717) is 12.1 Å². The maximum Gasteiger partial charge on any atom is 0.0380 e. The number of fused-ring (bicyclic) bond motifs is 4. The summed E-state index contributed by atoms with van der Waals surface area (Å²) in [6.45, 7) is 6.30. The molecule has 3 fully saturated rings. The van der Waals surface area contributed by atoms with Gasteiger partial charge in [-0.1, -0.05) is 18.2 Å². The SMILES string of the molecule is CNC(Cc1ccc2c(c1)CCC2)C1CN2CCN1CC2. The molecule has 1 aromatic rings. The van der Waals surface area contributed by atoms with E-state index in [2.05, 4.69) is 40.4 Å². The lowest BCUT2D eigenvalue weighted by Gasteiger charge is -2.50. The Morgan fingerprint density at radius 3 is 2.67 bits per heavy atom. The zero-order valence-corrected chi connectivity index (χ0v) is 13.1. The minimum Gasteiger partial charge on any atom is -0.315 e. The van der Waals surface area contributed by atoms with Crippen LogP contribution >= 0.6 is 0 Å². The molecular weight excluding hydrogens is 258 g/mol. The molecular formula is C18H27N3. The monoisotopic (exact) mass is 285 g/mol. The van der Waals surface area contributed by atoms with Crippen molar-refractivity contribution in [1.29, 1.82) is 0 Å². The van der Waals surface area contributed by atoms with E-state index in [1.54, 1.807) is 11.1 Å². The third-order valence-corrected chi connectivity index (χ3v) is 5.77. The summed E-state index contributed by atoms with van der Waals surface area (Å²) in [7, 11) is 2.14. The molecule has 3 nitrogen and oxygen atoms in total. The van der Waals surface area contributed by atoms with Crippen molar-refractivity contribution in [2.24, 2.45) is 0 Å². The first-order chi connectivity index (χ1) is 10.3. The van der Waals surface area contributed by atoms with Gasteiger partial charge in [-0.05, 0) is 49.4 Å². The standard InChI is InChI=1S/C18H27N3/c1-19-17(18-13-20-7-9-21(18)10-8-20)12-14-5-6-15-3-2-4-16(15)11-14/h5-6,11,17-19H,2-4,7-10,12-13H2,1H3. The molecule has 3 heterocycles. The van der Waals surface area contributed by atoms with Crippen molar-refractivity contribution in [3.63, 3.8) is 0 Å². The molecule has 3 aliphatic heterocycles. The lowest BCUT2D eigenvalue weighted by Crippen LogP contribution is -2.66. The van der Waals surface area contributed by atoms with Crippen molar-refractivity contribution in [3.05, 3.63) is 34.9 Å². The summed E-state index contributed by atoms with van der Waals surface area (Å²) in [6.07, 6.45) is 5.09. The molecule has 0 radical (unpaired) electrons. The predicted octanol–water partition coefficient (Wildman–Crippen LogP) is 1.31. The summed E-state index contributed by atoms with van der Waals surface area (Å²) in [5.74, 6) is 0. The Hall–Kier alpha value is -0.900. The Morgan fingerprint density at radius 2 is 1.95 bits per heavy atom. The molecule has 2 atom stereocenters. The maximum atomic E-state index is 3.60. The lowest BCUT2D eigenvalue weighted by atomic mass is 9.93. The highest BCUT2D eigenvalue weighted by molar-refractivity contribution is 5.35. The minimum absolute atomic E-state index is 0.576. The van der Waals surface area contributed by atoms with Crippen LogP contribution < -0.4 is 5.32 Å². The molecule has 3 heteroatoms. The summed E-state index contributed by atoms with van der Waals surface area (Å²) in [5.41, 5.74) is 4.72. The third-order valence-electron chi connectivity index (χ3n) is 5.77. The van der Waals surface area contributed by atoms with Gasteiger partial charge in [-0.25, -0.2) is 0 Å². The molecule has 3 saturated heterocycles. The molecule has 4 aliphatic rings. The Kier molecular flexibility index (Phi) is 3.74. The predicted molar refractivity (Wildman–Crippen MR) is 86.8 cm³/mol. The zero-order valence-electron chi connectivity index (χ0n) is 13.1. The third kappa shape index (κ3) is 2.63. The number of hydrogen-bond acceptors (Lipinski definition) is 3. The molecule has 1 N–H and O–H groups in total. The summed E-state index contributed by atoms with van der Waals surface area (Å²) in [5, 5.41) is 3.60. The molecule has 0 amide bonds. The van der Waals surface area contributed by atoms with E-state index < -0.39 is 0 Å². The highest BCUT2D eigenvalue weighted by Crippen LogP contribution is 2.25. The van der Waals surface area contributed by atoms with Crippen LogP contribution in [0, 0.1) is 0 Å². The van der Waals surface area contributed by atoms with Gasteiger partial charge < -0.3 is 5.32 Å². The number of rotatable bonds is 4. The number of nitrogens with one attached hydrogen (secondary N) is 1. The van der Waals surface area contributed by atoms with E-state index in [1.807, 2.05) is 0 Å². The van der Waals surface area contributed by atoms with Crippen molar-refractivity contribution in [2.45, 2.75) is 37.8 Å². The van der Waals surface area contributed by atoms with E-state index >= 15 is 0 Å². The Bertz CT molecular complexity index is 505. The van der Waals surface area contributed by atoms with Gasteiger partial charge in [-0.2, -0.15) is 0 Å². The van der Waals surface area contributed by atoms with Gasteiger partial charge in [0.2, 0.25) is 0 Å². The fourth-order valence-corrected chi connectivity index (χ4v) is 4.48. The van der Waals surface area contributed by atoms with Crippen molar-refractivity contribution in [1.82, 2.24) is 15.1 Å². The van der Waals surface area contributed by atoms with Gasteiger partial charge in [0.25, 0.3) is 0 Å². The summed E-state index contributed by atoms with van der Waals surface area (Å²) in [4.78, 5) is 5.34. The first kappa shape index (κ1) is 13.7. The van der Waals surface area contributed by atoms with Crippen LogP contribution in [0.2, 0.25) is 0 Å². The number of hydrogen-bond donors (Lipinski definition) is 1. The first-order valence-electron chi connectivity index (χ1n) is 8.58. The minimum atomic E-state index is 0.576. The van der Waals surface area contributed by atoms with E-state index in [4.69, 9.17) is 0 Å². The largest absolute Gasteiger partial charge is 0.315 e. The van der Waals surface area contributed by atoms with Gasteiger partial charge in [-0.15, -0.1) is 0 Å². The fourth-order valence-electron chi connectivity index (χ4n) is 4.48. The van der Waals surface area contributed by atoms with E-state index in [1.165, 1.54) is 64.0 Å². The topological polar surface area (TPSA) is 18.5 Å². The summed E-state index contributed by atoms with van der Waals surface area (Å²) < 4.78 is 0. The van der Waals surface area contributed by atoms with Gasteiger partial charge in [0.1, 0.15) is 0 Å². The van der Waals surface area contributed by atoms with E-state index in [0.717, 1.165) is 0 Å². The molecule has 114 valence electrons. The zero-order chi connectivity index (χ0) is 14.2. The van der Waals surface area contributed by atoms with Crippen LogP contribution in [0.15, 0.2) is 18.2 Å². The molecule has 5 rings (SSSR count). The molecule has 0 saturated carbocycles. The lowest BCUT2D eigenvalue weighted by molar-refractivity contribution is -0.00202. The highest BCUT2D eigenvalue weighted by Gasteiger charge is 2.36. The van der Waals surface area contributed by atoms with Crippen LogP contribution in [0.5, 0.6) is 0 Å². The molecule has 21 heavy (non-hydrogen) atoms. The van der Waals surface area contributed by atoms with Crippen LogP contribution in [0.25, 0.3) is 0 Å². The molecule has 0 aromatic heterocycles. The van der Waals surface area contributed by atoms with Crippen molar-refractivity contribution < 1.29 is 0 Å². The number of piperazine rings is 3. The normalized spacial score (nSPS) is 32.1. The summed E-state index contributed by atoms with van der Waals surface area (Å²) >= 11 is 0. The second-order valence-electron chi connectivity index (χ2n) is 6.96. The second-order valence-corrected chi connectivity index (χ2v) is 6.96. The van der Waals surface area contributed by atoms with Gasteiger partial charge in [0.05, 0.1) is 0 Å². The Morgan fingerprint density at radius 1 is 1.14 bits per heavy atom. The van der Waals surface area contributed by atoms with Gasteiger partial charge >= 0.3 is 0 Å². The molecule has 0 spiro atoms. The van der Waals surface area contributed by atoms with Gasteiger partial charge in [0, 0.05) is 44.8 Å². The Labute approximate surface area is 128 Å². The smallest absolute Gasteiger partial charge is 0.0380 e. The summed E-state index contributed by atoms with van der Waals surface area (Å²) in [6, 6.07) is 8.48. The van der Waals surface area contributed by atoms with E-state index in [-0.39, 0.29) is 0 Å². The number of likely N-dealkylation sites (N-methyl/N-ethyl adjacent to an activating group) is 1. The molecule has 2 unspecified atom stereocenters. The molecule has 1 aliphatic carbocycles. The quantitative estimate of drug-likeness (QED) is 0.900. The molecule has 1 aromatic carbocycles. The number of nitrogens with zero attached hydrogens (tertiary/aromatic N) is 2. The average molecular weight is 285 g/mol. The van der Waals surface area contributed by atoms with Gasteiger partial charge in [0.15, 0.2) is 0 Å².